The van der Waals surface area contributed by atoms with Crippen LogP contribution in [0.4, 0.5) is 0 Å². The molecule has 2 aromatic carbocycles. The average molecular weight is 357 g/mol. The molecule has 1 aliphatic heterocycles. The second-order valence-corrected chi connectivity index (χ2v) is 7.43. The van der Waals surface area contributed by atoms with Gasteiger partial charge in [-0.15, -0.1) is 5.10 Å². The summed E-state index contributed by atoms with van der Waals surface area (Å²) in [6.07, 6.45) is 6.02. The highest BCUT2D eigenvalue weighted by atomic mass is 15.4. The molecular weight excluding hydrogens is 334 g/mol. The Kier molecular flexibility index (Phi) is 4.07. The Hall–Kier alpha value is -2.82. The summed E-state index contributed by atoms with van der Waals surface area (Å²) in [5.41, 5.74) is 6.57. The summed E-state index contributed by atoms with van der Waals surface area (Å²) in [5, 5.41) is 8.84. The smallest absolute Gasteiger partial charge is 0.155 e. The van der Waals surface area contributed by atoms with Gasteiger partial charge in [-0.3, -0.25) is 4.99 Å². The Bertz CT molecular complexity index is 1050. The molecule has 1 aromatic heterocycles. The summed E-state index contributed by atoms with van der Waals surface area (Å²) < 4.78 is 2.11. The molecule has 0 amide bonds. The first-order chi connectivity index (χ1) is 13.3. The molecule has 0 unspecified atom stereocenters. The third-order valence-corrected chi connectivity index (χ3v) is 5.69. The number of nitrogens with zero attached hydrogens (tertiary/aromatic N) is 5. The molecule has 1 fully saturated rings. The summed E-state index contributed by atoms with van der Waals surface area (Å²) >= 11 is 0. The van der Waals surface area contributed by atoms with Gasteiger partial charge >= 0.3 is 0 Å². The van der Waals surface area contributed by atoms with Crippen molar-refractivity contribution in [3.63, 3.8) is 0 Å². The Morgan fingerprint density at radius 1 is 1.04 bits per heavy atom. The van der Waals surface area contributed by atoms with Gasteiger partial charge in [0.25, 0.3) is 0 Å². The fourth-order valence-electron chi connectivity index (χ4n) is 4.13. The van der Waals surface area contributed by atoms with E-state index in [1.165, 1.54) is 31.2 Å². The number of aliphatic imine (C=N–C) groups is 2. The third kappa shape index (κ3) is 2.97. The lowest BCUT2D eigenvalue weighted by Crippen LogP contribution is -2.06. The fourth-order valence-corrected chi connectivity index (χ4v) is 4.13. The number of hydrogen-bond acceptors (Lipinski definition) is 4. The van der Waals surface area contributed by atoms with Crippen molar-refractivity contribution in [1.82, 2.24) is 15.0 Å². The predicted molar refractivity (Wildman–Crippen MR) is 109 cm³/mol. The molecule has 0 bridgehead atoms. The molecule has 0 spiro atoms. The second-order valence-electron chi connectivity index (χ2n) is 7.43. The zero-order valence-corrected chi connectivity index (χ0v) is 15.6. The highest BCUT2D eigenvalue weighted by molar-refractivity contribution is 6.17. The van der Waals surface area contributed by atoms with Crippen LogP contribution in [0.1, 0.15) is 55.3 Å². The van der Waals surface area contributed by atoms with Gasteiger partial charge in [0.15, 0.2) is 5.84 Å². The molecule has 2 aliphatic rings. The van der Waals surface area contributed by atoms with E-state index in [0.29, 0.717) is 12.6 Å². The van der Waals surface area contributed by atoms with E-state index in [0.717, 1.165) is 40.1 Å². The van der Waals surface area contributed by atoms with Crippen LogP contribution in [0.5, 0.6) is 0 Å². The molecule has 1 saturated carbocycles. The van der Waals surface area contributed by atoms with E-state index in [1.54, 1.807) is 0 Å². The van der Waals surface area contributed by atoms with Crippen LogP contribution in [0, 0.1) is 0 Å². The summed E-state index contributed by atoms with van der Waals surface area (Å²) in [6.45, 7) is 2.78. The molecule has 5 rings (SSSR count). The van der Waals surface area contributed by atoms with Crippen LogP contribution in [0.2, 0.25) is 0 Å². The maximum absolute atomic E-state index is 4.81. The first-order valence-electron chi connectivity index (χ1n) is 9.88. The van der Waals surface area contributed by atoms with Gasteiger partial charge in [-0.25, -0.2) is 9.67 Å². The van der Waals surface area contributed by atoms with Crippen LogP contribution >= 0.6 is 0 Å². The van der Waals surface area contributed by atoms with Gasteiger partial charge in [0.05, 0.1) is 23.8 Å². The molecule has 3 aromatic rings. The summed E-state index contributed by atoms with van der Waals surface area (Å²) in [4.78, 5) is 9.47. The molecule has 5 heteroatoms. The Labute approximate surface area is 158 Å². The van der Waals surface area contributed by atoms with E-state index in [4.69, 9.17) is 4.99 Å². The van der Waals surface area contributed by atoms with E-state index >= 15 is 0 Å². The predicted octanol–water partition coefficient (Wildman–Crippen LogP) is 4.36. The quantitative estimate of drug-likeness (QED) is 0.697. The van der Waals surface area contributed by atoms with Crippen molar-refractivity contribution < 1.29 is 0 Å². The number of fused-ring (bicyclic) bond motifs is 1. The summed E-state index contributed by atoms with van der Waals surface area (Å²) in [5.74, 6) is 0.829. The Morgan fingerprint density at radius 2 is 1.93 bits per heavy atom. The monoisotopic (exact) mass is 357 g/mol. The maximum Gasteiger partial charge on any atom is 0.155 e. The molecular formula is C22H23N5. The van der Waals surface area contributed by atoms with Gasteiger partial charge in [0.2, 0.25) is 0 Å². The average Bonchev–Trinajstić information content (AvgIpc) is 3.47. The van der Waals surface area contributed by atoms with E-state index in [1.807, 2.05) is 0 Å². The van der Waals surface area contributed by atoms with Gasteiger partial charge in [0, 0.05) is 11.1 Å². The normalized spacial score (nSPS) is 17.5. The van der Waals surface area contributed by atoms with Gasteiger partial charge in [-0.2, -0.15) is 0 Å². The lowest BCUT2D eigenvalue weighted by molar-refractivity contribution is 0.467. The van der Waals surface area contributed by atoms with Crippen LogP contribution in [0.15, 0.2) is 52.4 Å². The van der Waals surface area contributed by atoms with Gasteiger partial charge < -0.3 is 0 Å². The highest BCUT2D eigenvalue weighted by Crippen LogP contribution is 2.31. The molecule has 2 heterocycles. The molecule has 1 aliphatic carbocycles. The number of aromatic nitrogens is 3. The largest absolute Gasteiger partial charge is 0.260 e. The molecule has 0 radical (unpaired) electrons. The van der Waals surface area contributed by atoms with Crippen molar-refractivity contribution >= 4 is 22.6 Å². The van der Waals surface area contributed by atoms with Crippen LogP contribution in [-0.4, -0.2) is 33.1 Å². The number of aryl methyl sites for hydroxylation is 1. The SMILES string of the molecule is CCc1cccc(C2=NCC(c3ccc4c(c3)nnn4C3CCCC3)=N2)c1. The summed E-state index contributed by atoms with van der Waals surface area (Å²) in [6, 6.07) is 15.4. The van der Waals surface area contributed by atoms with Crippen LogP contribution in [0.3, 0.4) is 0 Å². The zero-order chi connectivity index (χ0) is 18.2. The molecule has 5 nitrogen and oxygen atoms in total. The minimum atomic E-state index is 0.505. The maximum atomic E-state index is 4.81. The van der Waals surface area contributed by atoms with E-state index < -0.39 is 0 Å². The van der Waals surface area contributed by atoms with Crippen molar-refractivity contribution in [2.24, 2.45) is 9.98 Å². The number of benzene rings is 2. The lowest BCUT2D eigenvalue weighted by Gasteiger charge is -2.09. The second kappa shape index (κ2) is 6.72. The molecule has 0 saturated heterocycles. The van der Waals surface area contributed by atoms with E-state index in [9.17, 15) is 0 Å². The molecule has 0 N–H and O–H groups in total. The molecule has 136 valence electrons. The van der Waals surface area contributed by atoms with E-state index in [-0.39, 0.29) is 0 Å². The topological polar surface area (TPSA) is 55.4 Å². The van der Waals surface area contributed by atoms with Crippen molar-refractivity contribution in [3.05, 3.63) is 59.2 Å². The minimum Gasteiger partial charge on any atom is -0.260 e. The number of rotatable bonds is 4. The summed E-state index contributed by atoms with van der Waals surface area (Å²) in [7, 11) is 0. The van der Waals surface area contributed by atoms with Crippen molar-refractivity contribution in [2.45, 2.75) is 45.1 Å². The number of hydrogen-bond donors (Lipinski definition) is 0. The van der Waals surface area contributed by atoms with Gasteiger partial charge in [-0.05, 0) is 43.0 Å². The third-order valence-electron chi connectivity index (χ3n) is 5.69. The lowest BCUT2D eigenvalue weighted by atomic mass is 10.1. The molecule has 27 heavy (non-hydrogen) atoms. The van der Waals surface area contributed by atoms with Crippen LogP contribution in [0.25, 0.3) is 11.0 Å². The highest BCUT2D eigenvalue weighted by Gasteiger charge is 2.21. The zero-order valence-electron chi connectivity index (χ0n) is 15.6. The first kappa shape index (κ1) is 16.4. The fraction of sp³-hybridized carbons (Fsp3) is 0.364. The molecule has 0 atom stereocenters. The van der Waals surface area contributed by atoms with Crippen LogP contribution in [-0.2, 0) is 6.42 Å². The van der Waals surface area contributed by atoms with E-state index in [2.05, 4.69) is 69.4 Å². The van der Waals surface area contributed by atoms with Gasteiger partial charge in [0.1, 0.15) is 5.52 Å². The standard InChI is InChI=1S/C22H23N5/c1-2-15-6-5-7-17(12-15)22-23-14-20(24-22)16-10-11-21-19(13-16)25-26-27(21)18-8-3-4-9-18/h5-7,10-13,18H,2-4,8-9,14H2,1H3. The van der Waals surface area contributed by atoms with Crippen molar-refractivity contribution in [1.29, 1.82) is 0 Å². The van der Waals surface area contributed by atoms with Crippen molar-refractivity contribution in [2.75, 3.05) is 6.54 Å². The van der Waals surface area contributed by atoms with Crippen LogP contribution < -0.4 is 0 Å². The Balaban J connectivity index is 1.44. The first-order valence-corrected chi connectivity index (χ1v) is 9.88. The van der Waals surface area contributed by atoms with Gasteiger partial charge in [-0.1, -0.05) is 49.2 Å². The van der Waals surface area contributed by atoms with Crippen molar-refractivity contribution in [3.8, 4) is 0 Å². The minimum absolute atomic E-state index is 0.505. The Morgan fingerprint density at radius 3 is 2.78 bits per heavy atom. The number of amidine groups is 1.